The van der Waals surface area contributed by atoms with E-state index in [9.17, 15) is 0 Å². The normalized spacial score (nSPS) is 19.8. The van der Waals surface area contributed by atoms with Crippen LogP contribution in [0.1, 0.15) is 10.8 Å². The summed E-state index contributed by atoms with van der Waals surface area (Å²) in [6, 6.07) is 15.9. The fourth-order valence-electron chi connectivity index (χ4n) is 2.50. The number of ether oxygens (including phenoxy) is 1. The third-order valence-electron chi connectivity index (χ3n) is 3.56. The van der Waals surface area contributed by atoms with Gasteiger partial charge in [0.2, 0.25) is 0 Å². The van der Waals surface area contributed by atoms with Gasteiger partial charge in [-0.2, -0.15) is 0 Å². The van der Waals surface area contributed by atoms with Gasteiger partial charge in [0.05, 0.1) is 18.0 Å². The van der Waals surface area contributed by atoms with Crippen molar-refractivity contribution >= 4 is 35.0 Å². The summed E-state index contributed by atoms with van der Waals surface area (Å²) >= 11 is 14.4. The van der Waals surface area contributed by atoms with E-state index in [2.05, 4.69) is 17.4 Å². The van der Waals surface area contributed by atoms with Gasteiger partial charge in [-0.25, -0.2) is 0 Å². The predicted octanol–water partition coefficient (Wildman–Crippen LogP) is 4.82. The second-order valence-corrected chi connectivity index (χ2v) is 7.19. The highest BCUT2D eigenvalue weighted by molar-refractivity contribution is 7.99. The molecule has 2 aromatic rings. The average molecular weight is 354 g/mol. The zero-order chi connectivity index (χ0) is 15.4. The van der Waals surface area contributed by atoms with Gasteiger partial charge in [-0.3, -0.25) is 0 Å². The van der Waals surface area contributed by atoms with Crippen molar-refractivity contribution in [1.82, 2.24) is 5.32 Å². The van der Waals surface area contributed by atoms with Gasteiger partial charge in [0.25, 0.3) is 0 Å². The van der Waals surface area contributed by atoms with E-state index in [1.807, 2.05) is 36.4 Å². The second-order valence-electron chi connectivity index (χ2n) is 5.13. The summed E-state index contributed by atoms with van der Waals surface area (Å²) in [7, 11) is 0. The van der Waals surface area contributed by atoms with Crippen molar-refractivity contribution in [2.75, 3.05) is 19.7 Å². The molecule has 2 nitrogen and oxygen atoms in total. The van der Waals surface area contributed by atoms with Crippen molar-refractivity contribution in [2.24, 2.45) is 0 Å². The lowest BCUT2D eigenvalue weighted by Gasteiger charge is -2.31. The Morgan fingerprint density at radius 3 is 2.68 bits per heavy atom. The maximum atomic E-state index is 6.43. The molecule has 0 saturated carbocycles. The Hall–Kier alpha value is -0.710. The first kappa shape index (κ1) is 16.2. The third kappa shape index (κ3) is 3.98. The van der Waals surface area contributed by atoms with E-state index in [0.717, 1.165) is 23.7 Å². The van der Waals surface area contributed by atoms with E-state index >= 15 is 0 Å². The lowest BCUT2D eigenvalue weighted by Crippen LogP contribution is -2.41. The molecular formula is C17H17Cl2NOS. The van der Waals surface area contributed by atoms with Crippen LogP contribution in [0.15, 0.2) is 53.4 Å². The lowest BCUT2D eigenvalue weighted by atomic mass is 10.1. The van der Waals surface area contributed by atoms with E-state index in [-0.39, 0.29) is 11.4 Å². The lowest BCUT2D eigenvalue weighted by molar-refractivity contribution is 0.0273. The minimum atomic E-state index is 0.0647. The molecule has 1 saturated heterocycles. The molecule has 0 radical (unpaired) electrons. The Morgan fingerprint density at radius 1 is 1.14 bits per heavy atom. The van der Waals surface area contributed by atoms with Crippen LogP contribution in [0.4, 0.5) is 0 Å². The van der Waals surface area contributed by atoms with Gasteiger partial charge in [0.15, 0.2) is 0 Å². The first-order valence-corrected chi connectivity index (χ1v) is 8.86. The standard InChI is InChI=1S/C17H17Cl2NOS/c18-12-6-7-15(19)14(10-12)17(16-11-20-8-9-21-16)22-13-4-2-1-3-5-13/h1-7,10,16-17,20H,8-9,11H2/t16-,17-/m1/s1. The average Bonchev–Trinajstić information content (AvgIpc) is 2.57. The van der Waals surface area contributed by atoms with Gasteiger partial charge >= 0.3 is 0 Å². The Balaban J connectivity index is 1.92. The molecule has 0 aliphatic carbocycles. The molecule has 1 heterocycles. The van der Waals surface area contributed by atoms with E-state index in [1.165, 1.54) is 4.90 Å². The number of hydrogen-bond donors (Lipinski definition) is 1. The molecule has 2 atom stereocenters. The van der Waals surface area contributed by atoms with E-state index in [1.54, 1.807) is 11.8 Å². The van der Waals surface area contributed by atoms with Crippen molar-refractivity contribution in [1.29, 1.82) is 0 Å². The minimum absolute atomic E-state index is 0.0647. The number of morpholine rings is 1. The van der Waals surface area contributed by atoms with Crippen LogP contribution in [0.5, 0.6) is 0 Å². The quantitative estimate of drug-likeness (QED) is 0.796. The maximum Gasteiger partial charge on any atom is 0.0863 e. The summed E-state index contributed by atoms with van der Waals surface area (Å²) in [5.74, 6) is 0. The highest BCUT2D eigenvalue weighted by Crippen LogP contribution is 2.42. The molecule has 0 amide bonds. The molecule has 0 aromatic heterocycles. The van der Waals surface area contributed by atoms with Crippen molar-refractivity contribution in [3.63, 3.8) is 0 Å². The van der Waals surface area contributed by atoms with Gasteiger partial charge < -0.3 is 10.1 Å². The highest BCUT2D eigenvalue weighted by Gasteiger charge is 2.28. The van der Waals surface area contributed by atoms with Crippen molar-refractivity contribution < 1.29 is 4.74 Å². The van der Waals surface area contributed by atoms with E-state index < -0.39 is 0 Å². The molecule has 0 bridgehead atoms. The molecule has 116 valence electrons. The summed E-state index contributed by atoms with van der Waals surface area (Å²) < 4.78 is 5.98. The SMILES string of the molecule is Clc1ccc(Cl)c([C@@H](Sc2ccccc2)[C@H]2CNCCO2)c1. The number of thioether (sulfide) groups is 1. The maximum absolute atomic E-state index is 6.43. The number of benzene rings is 2. The molecule has 1 aliphatic rings. The third-order valence-corrected chi connectivity index (χ3v) is 5.50. The van der Waals surface area contributed by atoms with E-state index in [0.29, 0.717) is 11.6 Å². The Kier molecular flexibility index (Phi) is 5.66. The number of halogens is 2. The first-order valence-electron chi connectivity index (χ1n) is 7.23. The first-order chi connectivity index (χ1) is 10.7. The van der Waals surface area contributed by atoms with Gasteiger partial charge in [0, 0.05) is 28.0 Å². The van der Waals surface area contributed by atoms with Crippen LogP contribution in [-0.4, -0.2) is 25.8 Å². The van der Waals surface area contributed by atoms with Crippen molar-refractivity contribution in [3.8, 4) is 0 Å². The van der Waals surface area contributed by atoms with E-state index in [4.69, 9.17) is 27.9 Å². The van der Waals surface area contributed by atoms with Crippen LogP contribution >= 0.6 is 35.0 Å². The summed E-state index contributed by atoms with van der Waals surface area (Å²) in [6.07, 6.45) is 0.0647. The Labute approximate surface area is 145 Å². The summed E-state index contributed by atoms with van der Waals surface area (Å²) in [5.41, 5.74) is 1.02. The summed E-state index contributed by atoms with van der Waals surface area (Å²) in [5, 5.41) is 4.91. The molecule has 5 heteroatoms. The minimum Gasteiger partial charge on any atom is -0.374 e. The molecule has 0 spiro atoms. The smallest absolute Gasteiger partial charge is 0.0863 e. The molecule has 0 unspecified atom stereocenters. The van der Waals surface area contributed by atoms with Crippen molar-refractivity contribution in [3.05, 3.63) is 64.1 Å². The Bertz CT molecular complexity index is 617. The number of hydrogen-bond acceptors (Lipinski definition) is 3. The van der Waals surface area contributed by atoms with Gasteiger partial charge in [-0.05, 0) is 35.9 Å². The van der Waals surface area contributed by atoms with Crippen LogP contribution in [0.25, 0.3) is 0 Å². The van der Waals surface area contributed by atoms with Gasteiger partial charge in [0.1, 0.15) is 0 Å². The number of nitrogens with one attached hydrogen (secondary N) is 1. The van der Waals surface area contributed by atoms with Crippen LogP contribution in [0.3, 0.4) is 0 Å². The summed E-state index contributed by atoms with van der Waals surface area (Å²) in [4.78, 5) is 1.19. The summed E-state index contributed by atoms with van der Waals surface area (Å²) in [6.45, 7) is 2.42. The zero-order valence-corrected chi connectivity index (χ0v) is 14.3. The second kappa shape index (κ2) is 7.71. The van der Waals surface area contributed by atoms with Crippen LogP contribution in [0, 0.1) is 0 Å². The predicted molar refractivity (Wildman–Crippen MR) is 94.1 cm³/mol. The fraction of sp³-hybridized carbons (Fsp3) is 0.294. The topological polar surface area (TPSA) is 21.3 Å². The zero-order valence-electron chi connectivity index (χ0n) is 12.0. The monoisotopic (exact) mass is 353 g/mol. The Morgan fingerprint density at radius 2 is 1.95 bits per heavy atom. The van der Waals surface area contributed by atoms with Crippen molar-refractivity contribution in [2.45, 2.75) is 16.2 Å². The molecule has 2 aromatic carbocycles. The van der Waals surface area contributed by atoms with Gasteiger partial charge in [-0.15, -0.1) is 11.8 Å². The molecule has 22 heavy (non-hydrogen) atoms. The van der Waals surface area contributed by atoms with Crippen LogP contribution in [-0.2, 0) is 4.74 Å². The molecule has 3 rings (SSSR count). The number of rotatable bonds is 4. The largest absolute Gasteiger partial charge is 0.374 e. The molecule has 1 fully saturated rings. The molecular weight excluding hydrogens is 337 g/mol. The highest BCUT2D eigenvalue weighted by atomic mass is 35.5. The molecule has 1 N–H and O–H groups in total. The fourth-order valence-corrected chi connectivity index (χ4v) is 4.23. The van der Waals surface area contributed by atoms with Crippen LogP contribution in [0.2, 0.25) is 10.0 Å². The van der Waals surface area contributed by atoms with Gasteiger partial charge in [-0.1, -0.05) is 41.4 Å². The molecule has 1 aliphatic heterocycles. The van der Waals surface area contributed by atoms with Crippen LogP contribution < -0.4 is 5.32 Å².